The average Bonchev–Trinajstić information content (AvgIpc) is 2.80. The van der Waals surface area contributed by atoms with Crippen molar-refractivity contribution >= 4 is 28.2 Å². The van der Waals surface area contributed by atoms with E-state index in [1.165, 1.54) is 11.3 Å². The first kappa shape index (κ1) is 14.2. The van der Waals surface area contributed by atoms with Crippen LogP contribution in [0.1, 0.15) is 21.1 Å². The van der Waals surface area contributed by atoms with E-state index in [1.54, 1.807) is 12.4 Å². The van der Waals surface area contributed by atoms with Crippen molar-refractivity contribution < 1.29 is 4.79 Å². The number of hydrogen-bond donors (Lipinski definition) is 2. The molecule has 3 N–H and O–H groups in total. The molecule has 2 aromatic rings. The molecule has 106 valence electrons. The van der Waals surface area contributed by atoms with E-state index >= 15 is 0 Å². The number of nitrogens with one attached hydrogen (secondary N) is 1. The van der Waals surface area contributed by atoms with Gasteiger partial charge in [0, 0.05) is 20.3 Å². The largest absolute Gasteiger partial charge is 0.382 e. The predicted octanol–water partition coefficient (Wildman–Crippen LogP) is 0.820. The second-order valence-electron chi connectivity index (χ2n) is 4.44. The molecule has 2 rings (SSSR count). The summed E-state index contributed by atoms with van der Waals surface area (Å²) in [5, 5.41) is 3.46. The van der Waals surface area contributed by atoms with Crippen LogP contribution in [0.2, 0.25) is 0 Å². The molecule has 1 amide bonds. The molecule has 0 unspecified atom stereocenters. The van der Waals surface area contributed by atoms with Gasteiger partial charge in [-0.2, -0.15) is 0 Å². The summed E-state index contributed by atoms with van der Waals surface area (Å²) in [6.45, 7) is 2.16. The first-order valence-electron chi connectivity index (χ1n) is 5.96. The van der Waals surface area contributed by atoms with E-state index in [4.69, 9.17) is 5.73 Å². The van der Waals surface area contributed by atoms with Gasteiger partial charge in [0.05, 0.1) is 24.1 Å². The van der Waals surface area contributed by atoms with Gasteiger partial charge in [-0.25, -0.2) is 4.98 Å². The van der Waals surface area contributed by atoms with Crippen molar-refractivity contribution in [3.05, 3.63) is 28.7 Å². The first-order chi connectivity index (χ1) is 9.47. The van der Waals surface area contributed by atoms with E-state index in [-0.39, 0.29) is 11.7 Å². The zero-order chi connectivity index (χ0) is 14.7. The fraction of sp³-hybridized carbons (Fsp3) is 0.333. The SMILES string of the molecule is Cc1cnc(CNC(=O)c2sc(N(C)C)nc2N)cn1. The summed E-state index contributed by atoms with van der Waals surface area (Å²) in [4.78, 5) is 26.7. The predicted molar refractivity (Wildman–Crippen MR) is 78.8 cm³/mol. The third-order valence-electron chi connectivity index (χ3n) is 2.50. The molecule has 0 atom stereocenters. The summed E-state index contributed by atoms with van der Waals surface area (Å²) >= 11 is 1.26. The fourth-order valence-corrected chi connectivity index (χ4v) is 2.26. The molecule has 0 radical (unpaired) electrons. The molecule has 0 bridgehead atoms. The molecule has 0 saturated carbocycles. The van der Waals surface area contributed by atoms with E-state index in [2.05, 4.69) is 20.3 Å². The van der Waals surface area contributed by atoms with E-state index in [1.807, 2.05) is 25.9 Å². The van der Waals surface area contributed by atoms with Crippen LogP contribution in [0.3, 0.4) is 0 Å². The van der Waals surface area contributed by atoms with Gasteiger partial charge in [-0.3, -0.25) is 14.8 Å². The van der Waals surface area contributed by atoms with Gasteiger partial charge in [-0.05, 0) is 6.92 Å². The molecule has 2 heterocycles. The number of rotatable bonds is 4. The van der Waals surface area contributed by atoms with Crippen molar-refractivity contribution in [3.63, 3.8) is 0 Å². The Hall–Kier alpha value is -2.22. The second kappa shape index (κ2) is 5.83. The second-order valence-corrected chi connectivity index (χ2v) is 5.41. The monoisotopic (exact) mass is 292 g/mol. The maximum atomic E-state index is 12.1. The number of carbonyl (C=O) groups excluding carboxylic acids is 1. The minimum atomic E-state index is -0.254. The topological polar surface area (TPSA) is 97.0 Å². The van der Waals surface area contributed by atoms with Gasteiger partial charge in [0.25, 0.3) is 5.91 Å². The van der Waals surface area contributed by atoms with Crippen LogP contribution in [0, 0.1) is 6.92 Å². The van der Waals surface area contributed by atoms with Crippen molar-refractivity contribution in [1.29, 1.82) is 0 Å². The minimum Gasteiger partial charge on any atom is -0.382 e. The number of nitrogens with zero attached hydrogens (tertiary/aromatic N) is 4. The van der Waals surface area contributed by atoms with Crippen LogP contribution in [0.4, 0.5) is 10.9 Å². The standard InChI is InChI=1S/C12H16N6OS/c1-7-4-15-8(5-14-7)6-16-11(19)9-10(13)17-12(20-9)18(2)3/h4-5H,6,13H2,1-3H3,(H,16,19). The zero-order valence-electron chi connectivity index (χ0n) is 11.5. The fourth-order valence-electron chi connectivity index (χ4n) is 1.44. The molecule has 0 saturated heterocycles. The van der Waals surface area contributed by atoms with Gasteiger partial charge < -0.3 is 16.0 Å². The lowest BCUT2D eigenvalue weighted by Crippen LogP contribution is -2.23. The molecule has 0 aliphatic rings. The van der Waals surface area contributed by atoms with Crippen LogP contribution in [-0.4, -0.2) is 35.0 Å². The lowest BCUT2D eigenvalue weighted by atomic mass is 10.4. The number of nitrogens with two attached hydrogens (primary N) is 1. The molecular weight excluding hydrogens is 276 g/mol. The highest BCUT2D eigenvalue weighted by Crippen LogP contribution is 2.26. The maximum absolute atomic E-state index is 12.1. The number of thiazole rings is 1. The Morgan fingerprint density at radius 3 is 2.70 bits per heavy atom. The number of amides is 1. The van der Waals surface area contributed by atoms with Gasteiger partial charge in [0.15, 0.2) is 5.13 Å². The summed E-state index contributed by atoms with van der Waals surface area (Å²) in [6.07, 6.45) is 3.30. The van der Waals surface area contributed by atoms with Gasteiger partial charge in [0.1, 0.15) is 10.7 Å². The smallest absolute Gasteiger partial charge is 0.265 e. The molecule has 0 spiro atoms. The highest BCUT2D eigenvalue weighted by Gasteiger charge is 2.16. The molecular formula is C12H16N6OS. The normalized spacial score (nSPS) is 10.3. The van der Waals surface area contributed by atoms with Crippen LogP contribution in [0.5, 0.6) is 0 Å². The highest BCUT2D eigenvalue weighted by atomic mass is 32.1. The molecule has 20 heavy (non-hydrogen) atoms. The lowest BCUT2D eigenvalue weighted by molar-refractivity contribution is 0.0955. The van der Waals surface area contributed by atoms with Crippen molar-refractivity contribution in [2.45, 2.75) is 13.5 Å². The highest BCUT2D eigenvalue weighted by molar-refractivity contribution is 7.18. The third-order valence-corrected chi connectivity index (χ3v) is 3.73. The molecule has 0 aliphatic heterocycles. The van der Waals surface area contributed by atoms with Crippen molar-refractivity contribution in [2.75, 3.05) is 24.7 Å². The van der Waals surface area contributed by atoms with Crippen molar-refractivity contribution in [1.82, 2.24) is 20.3 Å². The molecule has 7 nitrogen and oxygen atoms in total. The summed E-state index contributed by atoms with van der Waals surface area (Å²) < 4.78 is 0. The summed E-state index contributed by atoms with van der Waals surface area (Å²) in [7, 11) is 3.70. The average molecular weight is 292 g/mol. The van der Waals surface area contributed by atoms with Crippen LogP contribution in [0.25, 0.3) is 0 Å². The van der Waals surface area contributed by atoms with Crippen molar-refractivity contribution in [2.24, 2.45) is 0 Å². The zero-order valence-corrected chi connectivity index (χ0v) is 12.4. The van der Waals surface area contributed by atoms with E-state index in [0.29, 0.717) is 22.2 Å². The Balaban J connectivity index is 2.03. The Morgan fingerprint density at radius 1 is 1.40 bits per heavy atom. The number of hydrogen-bond acceptors (Lipinski definition) is 7. The van der Waals surface area contributed by atoms with Gasteiger partial charge in [-0.1, -0.05) is 11.3 Å². The van der Waals surface area contributed by atoms with Crippen LogP contribution in [-0.2, 0) is 6.54 Å². The van der Waals surface area contributed by atoms with E-state index in [9.17, 15) is 4.79 Å². The summed E-state index contributed by atoms with van der Waals surface area (Å²) in [5.41, 5.74) is 7.28. The molecule has 0 aliphatic carbocycles. The Bertz CT molecular complexity index is 607. The molecule has 8 heteroatoms. The van der Waals surface area contributed by atoms with Gasteiger partial charge in [0.2, 0.25) is 0 Å². The first-order valence-corrected chi connectivity index (χ1v) is 6.78. The third kappa shape index (κ3) is 3.21. The van der Waals surface area contributed by atoms with E-state index in [0.717, 1.165) is 5.69 Å². The Morgan fingerprint density at radius 2 is 2.15 bits per heavy atom. The number of anilines is 2. The Kier molecular flexibility index (Phi) is 4.14. The number of nitrogen functional groups attached to an aromatic ring is 1. The maximum Gasteiger partial charge on any atom is 0.265 e. The molecule has 0 fully saturated rings. The summed E-state index contributed by atoms with van der Waals surface area (Å²) in [6, 6.07) is 0. The van der Waals surface area contributed by atoms with Gasteiger partial charge in [-0.15, -0.1) is 0 Å². The molecule has 2 aromatic heterocycles. The number of aromatic nitrogens is 3. The lowest BCUT2D eigenvalue weighted by Gasteiger charge is -2.05. The quantitative estimate of drug-likeness (QED) is 0.866. The van der Waals surface area contributed by atoms with Crippen molar-refractivity contribution in [3.8, 4) is 0 Å². The van der Waals surface area contributed by atoms with E-state index < -0.39 is 0 Å². The van der Waals surface area contributed by atoms with Crippen LogP contribution < -0.4 is 16.0 Å². The Labute approximate surface area is 120 Å². The molecule has 0 aromatic carbocycles. The summed E-state index contributed by atoms with van der Waals surface area (Å²) in [5.74, 6) is -0.0123. The minimum absolute atomic E-state index is 0.242. The number of aryl methyl sites for hydroxylation is 1. The van der Waals surface area contributed by atoms with Crippen LogP contribution >= 0.6 is 11.3 Å². The number of carbonyl (C=O) groups is 1. The van der Waals surface area contributed by atoms with Crippen LogP contribution in [0.15, 0.2) is 12.4 Å². The van der Waals surface area contributed by atoms with Gasteiger partial charge >= 0.3 is 0 Å².